The van der Waals surface area contributed by atoms with Gasteiger partial charge in [0.05, 0.1) is 5.56 Å². The maximum atomic E-state index is 12.6. The molecule has 3 rings (SSSR count). The van der Waals surface area contributed by atoms with E-state index in [1.807, 2.05) is 30.3 Å². The summed E-state index contributed by atoms with van der Waals surface area (Å²) in [7, 11) is 1.74. The Morgan fingerprint density at radius 3 is 2.50 bits per heavy atom. The van der Waals surface area contributed by atoms with Crippen LogP contribution in [0.15, 0.2) is 46.9 Å². The number of anilines is 1. The van der Waals surface area contributed by atoms with E-state index in [0.717, 1.165) is 5.69 Å². The SMILES string of the molecule is CN(C(=O)c1cc2c(cc1Br)OCO2)c1ccccc1. The zero-order valence-corrected chi connectivity index (χ0v) is 12.4. The highest BCUT2D eigenvalue weighted by atomic mass is 79.9. The maximum absolute atomic E-state index is 12.6. The predicted octanol–water partition coefficient (Wildman–Crippen LogP) is 3.45. The molecule has 0 bridgehead atoms. The van der Waals surface area contributed by atoms with Crippen LogP contribution in [0.3, 0.4) is 0 Å². The van der Waals surface area contributed by atoms with Crippen molar-refractivity contribution in [2.45, 2.75) is 0 Å². The Hall–Kier alpha value is -2.01. The van der Waals surface area contributed by atoms with Crippen LogP contribution in [0.1, 0.15) is 10.4 Å². The third-order valence-electron chi connectivity index (χ3n) is 3.14. The molecule has 0 aromatic heterocycles. The Bertz CT molecular complexity index is 658. The molecule has 0 N–H and O–H groups in total. The van der Waals surface area contributed by atoms with Gasteiger partial charge in [0.15, 0.2) is 11.5 Å². The number of fused-ring (bicyclic) bond motifs is 1. The number of ether oxygens (including phenoxy) is 2. The van der Waals surface area contributed by atoms with Gasteiger partial charge in [-0.3, -0.25) is 4.79 Å². The van der Waals surface area contributed by atoms with Crippen molar-refractivity contribution >= 4 is 27.5 Å². The van der Waals surface area contributed by atoms with Gasteiger partial charge >= 0.3 is 0 Å². The first-order chi connectivity index (χ1) is 9.66. The minimum atomic E-state index is -0.110. The smallest absolute Gasteiger partial charge is 0.259 e. The first-order valence-corrected chi connectivity index (χ1v) is 6.88. The summed E-state index contributed by atoms with van der Waals surface area (Å²) in [6, 6.07) is 12.9. The number of halogens is 1. The molecule has 102 valence electrons. The van der Waals surface area contributed by atoms with E-state index >= 15 is 0 Å². The Labute approximate surface area is 125 Å². The van der Waals surface area contributed by atoms with Crippen LogP contribution in [0, 0.1) is 0 Å². The summed E-state index contributed by atoms with van der Waals surface area (Å²) in [4.78, 5) is 14.2. The van der Waals surface area contributed by atoms with Gasteiger partial charge in [-0.25, -0.2) is 0 Å². The number of amides is 1. The minimum Gasteiger partial charge on any atom is -0.454 e. The summed E-state index contributed by atoms with van der Waals surface area (Å²) in [6.07, 6.45) is 0. The summed E-state index contributed by atoms with van der Waals surface area (Å²) in [5.41, 5.74) is 1.38. The molecular weight excluding hydrogens is 322 g/mol. The quantitative estimate of drug-likeness (QED) is 0.844. The molecule has 5 heteroatoms. The van der Waals surface area contributed by atoms with E-state index in [2.05, 4.69) is 15.9 Å². The second-order valence-corrected chi connectivity index (χ2v) is 5.24. The van der Waals surface area contributed by atoms with E-state index in [9.17, 15) is 4.79 Å². The Morgan fingerprint density at radius 1 is 1.15 bits per heavy atom. The molecule has 0 fully saturated rings. The normalized spacial score (nSPS) is 12.3. The number of carbonyl (C=O) groups excluding carboxylic acids is 1. The molecule has 1 heterocycles. The molecule has 0 unspecified atom stereocenters. The van der Waals surface area contributed by atoms with E-state index in [-0.39, 0.29) is 12.7 Å². The lowest BCUT2D eigenvalue weighted by Gasteiger charge is -2.18. The number of nitrogens with zero attached hydrogens (tertiary/aromatic N) is 1. The average molecular weight is 334 g/mol. The maximum Gasteiger partial charge on any atom is 0.259 e. The molecule has 1 aliphatic heterocycles. The fourth-order valence-corrected chi connectivity index (χ4v) is 2.52. The van der Waals surface area contributed by atoms with Gasteiger partial charge in [0.25, 0.3) is 5.91 Å². The third-order valence-corrected chi connectivity index (χ3v) is 3.80. The highest BCUT2D eigenvalue weighted by Gasteiger charge is 2.22. The van der Waals surface area contributed by atoms with Crippen LogP contribution >= 0.6 is 15.9 Å². The van der Waals surface area contributed by atoms with Gasteiger partial charge in [0.1, 0.15) is 0 Å². The van der Waals surface area contributed by atoms with Gasteiger partial charge in [-0.1, -0.05) is 18.2 Å². The van der Waals surface area contributed by atoms with Crippen LogP contribution in [-0.2, 0) is 0 Å². The second kappa shape index (κ2) is 5.17. The molecule has 0 atom stereocenters. The largest absolute Gasteiger partial charge is 0.454 e. The third kappa shape index (κ3) is 2.25. The van der Waals surface area contributed by atoms with Gasteiger partial charge in [-0.05, 0) is 40.2 Å². The monoisotopic (exact) mass is 333 g/mol. The number of hydrogen-bond donors (Lipinski definition) is 0. The summed E-state index contributed by atoms with van der Waals surface area (Å²) in [6.45, 7) is 0.188. The number of para-hydroxylation sites is 1. The van der Waals surface area contributed by atoms with Gasteiger partial charge in [0.2, 0.25) is 6.79 Å². The Balaban J connectivity index is 1.95. The zero-order valence-electron chi connectivity index (χ0n) is 10.8. The van der Waals surface area contributed by atoms with Crippen molar-refractivity contribution in [3.8, 4) is 11.5 Å². The average Bonchev–Trinajstić information content (AvgIpc) is 2.93. The van der Waals surface area contributed by atoms with Crippen molar-refractivity contribution in [3.63, 3.8) is 0 Å². The first kappa shape index (κ1) is 13.0. The molecule has 2 aromatic rings. The van der Waals surface area contributed by atoms with Crippen LogP contribution in [-0.4, -0.2) is 19.7 Å². The fourth-order valence-electron chi connectivity index (χ4n) is 2.03. The number of rotatable bonds is 2. The van der Waals surface area contributed by atoms with Crippen molar-refractivity contribution in [2.24, 2.45) is 0 Å². The van der Waals surface area contributed by atoms with Crippen molar-refractivity contribution in [2.75, 3.05) is 18.7 Å². The van der Waals surface area contributed by atoms with E-state index in [1.165, 1.54) is 0 Å². The number of benzene rings is 2. The van der Waals surface area contributed by atoms with Gasteiger partial charge in [-0.2, -0.15) is 0 Å². The van der Waals surface area contributed by atoms with Crippen LogP contribution in [0.4, 0.5) is 5.69 Å². The summed E-state index contributed by atoms with van der Waals surface area (Å²) < 4.78 is 11.3. The van der Waals surface area contributed by atoms with E-state index in [0.29, 0.717) is 21.5 Å². The lowest BCUT2D eigenvalue weighted by Crippen LogP contribution is -2.26. The molecule has 1 aliphatic rings. The van der Waals surface area contributed by atoms with Crippen LogP contribution in [0.25, 0.3) is 0 Å². The molecule has 0 spiro atoms. The Kier molecular flexibility index (Phi) is 3.36. The molecular formula is C15H12BrNO3. The minimum absolute atomic E-state index is 0.110. The number of carbonyl (C=O) groups is 1. The standard InChI is InChI=1S/C15H12BrNO3/c1-17(10-5-3-2-4-6-10)15(18)11-7-13-14(8-12(11)16)20-9-19-13/h2-8H,9H2,1H3. The summed E-state index contributed by atoms with van der Waals surface area (Å²) in [5.74, 6) is 1.13. The van der Waals surface area contributed by atoms with E-state index < -0.39 is 0 Å². The Morgan fingerprint density at radius 2 is 1.80 bits per heavy atom. The van der Waals surface area contributed by atoms with Crippen LogP contribution < -0.4 is 14.4 Å². The summed E-state index contributed by atoms with van der Waals surface area (Å²) in [5, 5.41) is 0. The molecule has 0 saturated heterocycles. The zero-order chi connectivity index (χ0) is 14.1. The summed E-state index contributed by atoms with van der Waals surface area (Å²) >= 11 is 3.41. The lowest BCUT2D eigenvalue weighted by molar-refractivity contribution is 0.0992. The van der Waals surface area contributed by atoms with Crippen LogP contribution in [0.2, 0.25) is 0 Å². The molecule has 4 nitrogen and oxygen atoms in total. The van der Waals surface area contributed by atoms with Crippen molar-refractivity contribution in [1.82, 2.24) is 0 Å². The predicted molar refractivity (Wildman–Crippen MR) is 79.4 cm³/mol. The first-order valence-electron chi connectivity index (χ1n) is 6.09. The second-order valence-electron chi connectivity index (χ2n) is 4.39. The molecule has 0 saturated carbocycles. The molecule has 2 aromatic carbocycles. The van der Waals surface area contributed by atoms with Gasteiger partial charge in [0, 0.05) is 17.2 Å². The van der Waals surface area contributed by atoms with Gasteiger partial charge in [-0.15, -0.1) is 0 Å². The van der Waals surface area contributed by atoms with Crippen molar-refractivity contribution < 1.29 is 14.3 Å². The lowest BCUT2D eigenvalue weighted by atomic mass is 10.1. The van der Waals surface area contributed by atoms with Crippen LogP contribution in [0.5, 0.6) is 11.5 Å². The topological polar surface area (TPSA) is 38.8 Å². The molecule has 0 aliphatic carbocycles. The molecule has 0 radical (unpaired) electrons. The van der Waals surface area contributed by atoms with Crippen molar-refractivity contribution in [3.05, 3.63) is 52.5 Å². The van der Waals surface area contributed by atoms with Gasteiger partial charge < -0.3 is 14.4 Å². The molecule has 1 amide bonds. The van der Waals surface area contributed by atoms with E-state index in [1.54, 1.807) is 24.1 Å². The van der Waals surface area contributed by atoms with Crippen molar-refractivity contribution in [1.29, 1.82) is 0 Å². The molecule has 20 heavy (non-hydrogen) atoms. The highest BCUT2D eigenvalue weighted by Crippen LogP contribution is 2.37. The highest BCUT2D eigenvalue weighted by molar-refractivity contribution is 9.10. The number of hydrogen-bond acceptors (Lipinski definition) is 3. The van der Waals surface area contributed by atoms with E-state index in [4.69, 9.17) is 9.47 Å². The fraction of sp³-hybridized carbons (Fsp3) is 0.133.